The standard InChI is InChI=1S/C32H30N3O/c1-21-19-29-26(33-31(36-29)32(2,3)4)20-25(21)30-34(5)27-13-9-10-14-28(27)35(30)24-17-15-23(16-18-24)22-11-7-6-8-12-22/h6-20H,1-5H3/q+1. The number of imidazole rings is 1. The first-order valence-corrected chi connectivity index (χ1v) is 12.4. The fourth-order valence-corrected chi connectivity index (χ4v) is 4.95. The smallest absolute Gasteiger partial charge is 0.295 e. The van der Waals surface area contributed by atoms with Crippen molar-refractivity contribution in [2.75, 3.05) is 0 Å². The van der Waals surface area contributed by atoms with Crippen molar-refractivity contribution in [2.45, 2.75) is 33.1 Å². The average Bonchev–Trinajstić information content (AvgIpc) is 3.43. The maximum absolute atomic E-state index is 6.14. The lowest BCUT2D eigenvalue weighted by molar-refractivity contribution is -0.633. The number of benzene rings is 4. The second kappa shape index (κ2) is 8.20. The maximum Gasteiger partial charge on any atom is 0.295 e. The zero-order valence-electron chi connectivity index (χ0n) is 21.4. The zero-order chi connectivity index (χ0) is 25.0. The van der Waals surface area contributed by atoms with E-state index in [1.54, 1.807) is 0 Å². The Bertz CT molecular complexity index is 1720. The molecular weight excluding hydrogens is 442 g/mol. The molecule has 4 heteroatoms. The third-order valence-corrected chi connectivity index (χ3v) is 6.86. The molecule has 0 unspecified atom stereocenters. The van der Waals surface area contributed by atoms with Crippen molar-refractivity contribution in [1.82, 2.24) is 9.55 Å². The van der Waals surface area contributed by atoms with Gasteiger partial charge in [0.05, 0.1) is 12.6 Å². The third-order valence-electron chi connectivity index (χ3n) is 6.86. The van der Waals surface area contributed by atoms with Gasteiger partial charge >= 0.3 is 0 Å². The van der Waals surface area contributed by atoms with Crippen molar-refractivity contribution < 1.29 is 8.98 Å². The number of para-hydroxylation sites is 2. The Morgan fingerprint density at radius 2 is 1.47 bits per heavy atom. The fraction of sp³-hybridized carbons (Fsp3) is 0.188. The van der Waals surface area contributed by atoms with Crippen LogP contribution in [-0.4, -0.2) is 9.55 Å². The summed E-state index contributed by atoms with van der Waals surface area (Å²) in [6.45, 7) is 8.53. The number of aryl methyl sites for hydroxylation is 2. The molecule has 4 nitrogen and oxygen atoms in total. The largest absolute Gasteiger partial charge is 0.440 e. The summed E-state index contributed by atoms with van der Waals surface area (Å²) in [5.41, 5.74) is 9.75. The molecule has 6 aromatic rings. The predicted octanol–water partition coefficient (Wildman–Crippen LogP) is 7.54. The molecular formula is C32H30N3O+. The minimum absolute atomic E-state index is 0.146. The highest BCUT2D eigenvalue weighted by atomic mass is 16.3. The SMILES string of the molecule is Cc1cc2oc(C(C)(C)C)nc2cc1-c1n(-c2ccc(-c3ccccc3)cc2)c2ccccc2[n+]1C. The number of aromatic nitrogens is 3. The molecule has 0 N–H and O–H groups in total. The lowest BCUT2D eigenvalue weighted by Gasteiger charge is -2.11. The number of hydrogen-bond acceptors (Lipinski definition) is 2. The van der Waals surface area contributed by atoms with Gasteiger partial charge in [-0.25, -0.2) is 9.55 Å². The molecule has 0 atom stereocenters. The van der Waals surface area contributed by atoms with Gasteiger partial charge in [0.25, 0.3) is 5.82 Å². The van der Waals surface area contributed by atoms with Gasteiger partial charge in [-0.2, -0.15) is 4.57 Å². The average molecular weight is 473 g/mol. The maximum atomic E-state index is 6.14. The minimum atomic E-state index is -0.146. The fourth-order valence-electron chi connectivity index (χ4n) is 4.95. The van der Waals surface area contributed by atoms with Crippen LogP contribution in [-0.2, 0) is 12.5 Å². The van der Waals surface area contributed by atoms with Gasteiger partial charge in [-0.1, -0.05) is 75.4 Å². The van der Waals surface area contributed by atoms with Crippen molar-refractivity contribution in [3.05, 3.63) is 102 Å². The van der Waals surface area contributed by atoms with Gasteiger partial charge in [0.1, 0.15) is 11.2 Å². The molecule has 0 saturated heterocycles. The number of fused-ring (bicyclic) bond motifs is 2. The van der Waals surface area contributed by atoms with E-state index in [-0.39, 0.29) is 5.41 Å². The summed E-state index contributed by atoms with van der Waals surface area (Å²) >= 11 is 0. The molecule has 178 valence electrons. The van der Waals surface area contributed by atoms with Gasteiger partial charge < -0.3 is 4.42 Å². The number of nitrogens with zero attached hydrogens (tertiary/aromatic N) is 3. The van der Waals surface area contributed by atoms with Crippen molar-refractivity contribution in [3.63, 3.8) is 0 Å². The zero-order valence-corrected chi connectivity index (χ0v) is 21.4. The molecule has 0 amide bonds. The number of oxazole rings is 1. The number of hydrogen-bond donors (Lipinski definition) is 0. The number of rotatable bonds is 3. The highest BCUT2D eigenvalue weighted by molar-refractivity contribution is 5.85. The Morgan fingerprint density at radius 3 is 2.19 bits per heavy atom. The lowest BCUT2D eigenvalue weighted by Crippen LogP contribution is -2.30. The van der Waals surface area contributed by atoms with Crippen LogP contribution in [0.25, 0.3) is 50.3 Å². The summed E-state index contributed by atoms with van der Waals surface area (Å²) in [5, 5.41) is 0. The van der Waals surface area contributed by atoms with Crippen LogP contribution in [0.4, 0.5) is 0 Å². The van der Waals surface area contributed by atoms with Crippen molar-refractivity contribution in [1.29, 1.82) is 0 Å². The summed E-state index contributed by atoms with van der Waals surface area (Å²) in [5.74, 6) is 1.87. The van der Waals surface area contributed by atoms with E-state index in [9.17, 15) is 0 Å². The molecule has 0 bridgehead atoms. The lowest BCUT2D eigenvalue weighted by atomic mass is 9.97. The van der Waals surface area contributed by atoms with E-state index in [2.05, 4.69) is 135 Å². The van der Waals surface area contributed by atoms with Gasteiger partial charge in [-0.15, -0.1) is 0 Å². The topological polar surface area (TPSA) is 34.8 Å². The van der Waals surface area contributed by atoms with Gasteiger partial charge in [-0.05, 0) is 60.0 Å². The predicted molar refractivity (Wildman–Crippen MR) is 146 cm³/mol. The Balaban J connectivity index is 1.58. The third kappa shape index (κ3) is 3.61. The molecule has 4 aromatic carbocycles. The molecule has 0 saturated carbocycles. The van der Waals surface area contributed by atoms with Crippen LogP contribution in [0.3, 0.4) is 0 Å². The second-order valence-electron chi connectivity index (χ2n) is 10.5. The van der Waals surface area contributed by atoms with E-state index >= 15 is 0 Å². The Labute approximate surface area is 211 Å². The monoisotopic (exact) mass is 472 g/mol. The molecule has 0 aliphatic heterocycles. The van der Waals surface area contributed by atoms with Crippen LogP contribution in [0.2, 0.25) is 0 Å². The van der Waals surface area contributed by atoms with E-state index in [0.717, 1.165) is 45.1 Å². The molecule has 2 aromatic heterocycles. The van der Waals surface area contributed by atoms with E-state index in [1.165, 1.54) is 16.6 Å². The molecule has 0 spiro atoms. The molecule has 0 aliphatic rings. The molecule has 0 radical (unpaired) electrons. The van der Waals surface area contributed by atoms with Gasteiger partial charge in [-0.3, -0.25) is 0 Å². The first-order chi connectivity index (χ1) is 17.3. The summed E-state index contributed by atoms with van der Waals surface area (Å²) in [6, 6.07) is 32.2. The van der Waals surface area contributed by atoms with Gasteiger partial charge in [0, 0.05) is 5.41 Å². The van der Waals surface area contributed by atoms with E-state index in [0.29, 0.717) is 0 Å². The first-order valence-electron chi connectivity index (χ1n) is 12.4. The van der Waals surface area contributed by atoms with Gasteiger partial charge in [0.2, 0.25) is 5.89 Å². The molecule has 0 fully saturated rings. The van der Waals surface area contributed by atoms with E-state index in [1.807, 2.05) is 0 Å². The molecule has 36 heavy (non-hydrogen) atoms. The van der Waals surface area contributed by atoms with Crippen molar-refractivity contribution in [2.24, 2.45) is 7.05 Å². The highest BCUT2D eigenvalue weighted by Gasteiger charge is 2.28. The Kier molecular flexibility index (Phi) is 5.08. The van der Waals surface area contributed by atoms with Crippen LogP contribution in [0.5, 0.6) is 0 Å². The van der Waals surface area contributed by atoms with Crippen LogP contribution >= 0.6 is 0 Å². The van der Waals surface area contributed by atoms with Crippen molar-refractivity contribution >= 4 is 22.1 Å². The summed E-state index contributed by atoms with van der Waals surface area (Å²) in [7, 11) is 2.14. The van der Waals surface area contributed by atoms with Crippen LogP contribution < -0.4 is 4.57 Å². The summed E-state index contributed by atoms with van der Waals surface area (Å²) in [4.78, 5) is 4.86. The van der Waals surface area contributed by atoms with Gasteiger partial charge in [0.15, 0.2) is 16.6 Å². The molecule has 2 heterocycles. The normalized spacial score (nSPS) is 12.0. The quantitative estimate of drug-likeness (QED) is 0.249. The van der Waals surface area contributed by atoms with E-state index in [4.69, 9.17) is 9.40 Å². The Morgan fingerprint density at radius 1 is 0.806 bits per heavy atom. The first kappa shape index (κ1) is 22.3. The molecule has 6 rings (SSSR count). The van der Waals surface area contributed by atoms with Crippen molar-refractivity contribution in [3.8, 4) is 28.2 Å². The highest BCUT2D eigenvalue weighted by Crippen LogP contribution is 2.34. The Hall–Kier alpha value is -4.18. The van der Waals surface area contributed by atoms with E-state index < -0.39 is 0 Å². The summed E-state index contributed by atoms with van der Waals surface area (Å²) in [6.07, 6.45) is 0. The van der Waals surface area contributed by atoms with Crippen LogP contribution in [0.1, 0.15) is 32.2 Å². The minimum Gasteiger partial charge on any atom is -0.440 e. The second-order valence-corrected chi connectivity index (χ2v) is 10.5. The van der Waals surface area contributed by atoms with Crippen LogP contribution in [0.15, 0.2) is 95.4 Å². The summed E-state index contributed by atoms with van der Waals surface area (Å²) < 4.78 is 10.8. The van der Waals surface area contributed by atoms with Crippen LogP contribution in [0, 0.1) is 6.92 Å². The molecule has 0 aliphatic carbocycles.